The average molecular weight is 300 g/mol. The Balaban J connectivity index is 2.70. The molecular formula is C15H28N2O4. The van der Waals surface area contributed by atoms with Gasteiger partial charge in [0.25, 0.3) is 0 Å². The molecule has 1 heterocycles. The Morgan fingerprint density at radius 1 is 0.905 bits per heavy atom. The Hall–Kier alpha value is -1.27. The zero-order chi connectivity index (χ0) is 15.7. The summed E-state index contributed by atoms with van der Waals surface area (Å²) >= 11 is 0. The fraction of sp³-hybridized carbons (Fsp3) is 0.800. The molecule has 0 saturated carbocycles. The van der Waals surface area contributed by atoms with Crippen molar-refractivity contribution in [1.29, 1.82) is 0 Å². The zero-order valence-electron chi connectivity index (χ0n) is 12.9. The lowest BCUT2D eigenvalue weighted by molar-refractivity contribution is 0.261. The molecule has 0 radical (unpaired) electrons. The third-order valence-electron chi connectivity index (χ3n) is 3.72. The summed E-state index contributed by atoms with van der Waals surface area (Å²) in [5, 5.41) is 28.2. The number of hydrogen-bond donors (Lipinski definition) is 3. The molecule has 1 rings (SSSR count). The summed E-state index contributed by atoms with van der Waals surface area (Å²) in [6.45, 7) is 2.08. The van der Waals surface area contributed by atoms with Crippen molar-refractivity contribution in [2.24, 2.45) is 0 Å². The first-order valence-electron chi connectivity index (χ1n) is 7.90. The van der Waals surface area contributed by atoms with Crippen LogP contribution in [-0.2, 0) is 19.5 Å². The number of aromatic hydroxyl groups is 1. The van der Waals surface area contributed by atoms with Gasteiger partial charge in [-0.05, 0) is 12.8 Å². The topological polar surface area (TPSA) is 87.6 Å². The van der Waals surface area contributed by atoms with Crippen molar-refractivity contribution < 1.29 is 15.3 Å². The van der Waals surface area contributed by atoms with Crippen LogP contribution < -0.4 is 5.69 Å². The van der Waals surface area contributed by atoms with E-state index in [4.69, 9.17) is 10.2 Å². The van der Waals surface area contributed by atoms with E-state index >= 15 is 0 Å². The maximum atomic E-state index is 12.1. The standard InChI is InChI=1S/C15H28N2O4/c1-2-3-4-5-6-7-8-13-14(20)17(10-12-19)15(21)16(13)9-11-18/h18-20H,2-12H2,1H3. The molecule has 0 spiro atoms. The number of aliphatic hydroxyl groups excluding tert-OH is 2. The number of unbranched alkanes of at least 4 members (excludes halogenated alkanes) is 5. The predicted molar refractivity (Wildman–Crippen MR) is 81.6 cm³/mol. The fourth-order valence-electron chi connectivity index (χ4n) is 2.58. The molecule has 1 aromatic heterocycles. The number of hydrogen-bond acceptors (Lipinski definition) is 4. The minimum Gasteiger partial charge on any atom is -0.493 e. The van der Waals surface area contributed by atoms with Gasteiger partial charge < -0.3 is 15.3 Å². The summed E-state index contributed by atoms with van der Waals surface area (Å²) < 4.78 is 2.58. The highest BCUT2D eigenvalue weighted by atomic mass is 16.3. The first kappa shape index (κ1) is 17.8. The normalized spacial score (nSPS) is 11.2. The van der Waals surface area contributed by atoms with E-state index in [9.17, 15) is 9.90 Å². The Morgan fingerprint density at radius 2 is 1.48 bits per heavy atom. The third kappa shape index (κ3) is 4.89. The minimum absolute atomic E-state index is 0.0731. The second-order valence-corrected chi connectivity index (χ2v) is 5.32. The Morgan fingerprint density at radius 3 is 2.10 bits per heavy atom. The van der Waals surface area contributed by atoms with E-state index in [2.05, 4.69) is 6.92 Å². The second kappa shape index (κ2) is 9.63. The van der Waals surface area contributed by atoms with Gasteiger partial charge in [-0.1, -0.05) is 39.0 Å². The molecule has 0 bridgehead atoms. The van der Waals surface area contributed by atoms with Gasteiger partial charge in [-0.15, -0.1) is 0 Å². The largest absolute Gasteiger partial charge is 0.493 e. The van der Waals surface area contributed by atoms with Crippen molar-refractivity contribution >= 4 is 0 Å². The van der Waals surface area contributed by atoms with Crippen LogP contribution in [0.3, 0.4) is 0 Å². The molecule has 0 aromatic carbocycles. The van der Waals surface area contributed by atoms with Gasteiger partial charge in [-0.2, -0.15) is 0 Å². The molecule has 0 fully saturated rings. The summed E-state index contributed by atoms with van der Waals surface area (Å²) in [6.07, 6.45) is 7.43. The van der Waals surface area contributed by atoms with Crippen molar-refractivity contribution in [2.75, 3.05) is 13.2 Å². The Labute approximate surface area is 125 Å². The summed E-state index contributed by atoms with van der Waals surface area (Å²) in [7, 11) is 0. The molecule has 0 aliphatic carbocycles. The van der Waals surface area contributed by atoms with Gasteiger partial charge in [-0.25, -0.2) is 4.79 Å². The molecule has 6 nitrogen and oxygen atoms in total. The van der Waals surface area contributed by atoms with E-state index in [1.165, 1.54) is 28.4 Å². The molecule has 0 unspecified atom stereocenters. The van der Waals surface area contributed by atoms with Gasteiger partial charge in [0.05, 0.1) is 32.0 Å². The van der Waals surface area contributed by atoms with Crippen LogP contribution in [0, 0.1) is 0 Å². The predicted octanol–water partition coefficient (Wildman–Crippen LogP) is 1.24. The number of nitrogens with zero attached hydrogens (tertiary/aromatic N) is 2. The SMILES string of the molecule is CCCCCCCCc1c(O)n(CCO)c(=O)n1CCO. The van der Waals surface area contributed by atoms with Crippen molar-refractivity contribution in [3.8, 4) is 5.88 Å². The van der Waals surface area contributed by atoms with Gasteiger partial charge >= 0.3 is 5.69 Å². The van der Waals surface area contributed by atoms with Crippen molar-refractivity contribution in [3.63, 3.8) is 0 Å². The van der Waals surface area contributed by atoms with Crippen molar-refractivity contribution in [3.05, 3.63) is 16.2 Å². The van der Waals surface area contributed by atoms with Gasteiger partial charge in [0.15, 0.2) is 0 Å². The first-order chi connectivity index (χ1) is 10.2. The molecule has 0 aliphatic rings. The molecule has 122 valence electrons. The van der Waals surface area contributed by atoms with Crippen LogP contribution in [0.1, 0.15) is 51.1 Å². The molecule has 0 aliphatic heterocycles. The minimum atomic E-state index is -0.364. The number of rotatable bonds is 11. The summed E-state index contributed by atoms with van der Waals surface area (Å²) in [4.78, 5) is 12.1. The molecule has 0 saturated heterocycles. The molecule has 0 amide bonds. The van der Waals surface area contributed by atoms with Crippen LogP contribution in [0.4, 0.5) is 0 Å². The fourth-order valence-corrected chi connectivity index (χ4v) is 2.58. The highest BCUT2D eigenvalue weighted by Crippen LogP contribution is 2.19. The Bertz CT molecular complexity index is 465. The maximum absolute atomic E-state index is 12.1. The first-order valence-corrected chi connectivity index (χ1v) is 7.90. The third-order valence-corrected chi connectivity index (χ3v) is 3.72. The van der Waals surface area contributed by atoms with E-state index < -0.39 is 0 Å². The molecule has 1 aromatic rings. The van der Waals surface area contributed by atoms with E-state index in [0.717, 1.165) is 19.3 Å². The highest BCUT2D eigenvalue weighted by molar-refractivity contribution is 5.21. The average Bonchev–Trinajstić information content (AvgIpc) is 2.69. The maximum Gasteiger partial charge on any atom is 0.331 e. The van der Waals surface area contributed by atoms with Gasteiger partial charge in [0.1, 0.15) is 0 Å². The second-order valence-electron chi connectivity index (χ2n) is 5.32. The van der Waals surface area contributed by atoms with Crippen LogP contribution in [0.5, 0.6) is 5.88 Å². The zero-order valence-corrected chi connectivity index (χ0v) is 12.9. The van der Waals surface area contributed by atoms with Crippen LogP contribution in [0.25, 0.3) is 0 Å². The van der Waals surface area contributed by atoms with E-state index in [1.54, 1.807) is 0 Å². The molecule has 6 heteroatoms. The van der Waals surface area contributed by atoms with Crippen molar-refractivity contribution in [2.45, 2.75) is 65.0 Å². The lowest BCUT2D eigenvalue weighted by Gasteiger charge is -2.06. The van der Waals surface area contributed by atoms with E-state index in [-0.39, 0.29) is 37.9 Å². The van der Waals surface area contributed by atoms with Crippen LogP contribution >= 0.6 is 0 Å². The number of imidazole rings is 1. The van der Waals surface area contributed by atoms with Crippen LogP contribution in [0.2, 0.25) is 0 Å². The monoisotopic (exact) mass is 300 g/mol. The van der Waals surface area contributed by atoms with E-state index in [0.29, 0.717) is 12.1 Å². The van der Waals surface area contributed by atoms with Crippen molar-refractivity contribution in [1.82, 2.24) is 9.13 Å². The lowest BCUT2D eigenvalue weighted by Crippen LogP contribution is -2.27. The molecule has 0 atom stereocenters. The highest BCUT2D eigenvalue weighted by Gasteiger charge is 2.18. The number of aromatic nitrogens is 2. The van der Waals surface area contributed by atoms with Gasteiger partial charge in [0, 0.05) is 0 Å². The number of aliphatic hydroxyl groups is 2. The van der Waals surface area contributed by atoms with Crippen LogP contribution in [0.15, 0.2) is 4.79 Å². The summed E-state index contributed by atoms with van der Waals surface area (Å²) in [6, 6.07) is 0. The molecule has 21 heavy (non-hydrogen) atoms. The van der Waals surface area contributed by atoms with E-state index in [1.807, 2.05) is 0 Å². The van der Waals surface area contributed by atoms with Crippen LogP contribution in [-0.4, -0.2) is 37.7 Å². The smallest absolute Gasteiger partial charge is 0.331 e. The van der Waals surface area contributed by atoms with Gasteiger partial charge in [-0.3, -0.25) is 9.13 Å². The Kier molecular flexibility index (Phi) is 8.15. The summed E-state index contributed by atoms with van der Waals surface area (Å²) in [5.74, 6) is -0.0731. The quantitative estimate of drug-likeness (QED) is 0.537. The molecule has 3 N–H and O–H groups in total. The van der Waals surface area contributed by atoms with Gasteiger partial charge in [0.2, 0.25) is 5.88 Å². The summed E-state index contributed by atoms with van der Waals surface area (Å²) in [5.41, 5.74) is 0.203. The molecular weight excluding hydrogens is 272 g/mol. The lowest BCUT2D eigenvalue weighted by atomic mass is 10.1.